The van der Waals surface area contributed by atoms with E-state index in [9.17, 15) is 0 Å². The molecule has 2 heteroatoms. The predicted molar refractivity (Wildman–Crippen MR) is 53.7 cm³/mol. The van der Waals surface area contributed by atoms with Crippen LogP contribution in [0.3, 0.4) is 0 Å². The minimum atomic E-state index is -0.215. The van der Waals surface area contributed by atoms with Gasteiger partial charge in [-0.05, 0) is 12.8 Å². The van der Waals surface area contributed by atoms with Gasteiger partial charge in [0.2, 0.25) is 0 Å². The molecule has 1 rings (SSSR count). The van der Waals surface area contributed by atoms with Crippen molar-refractivity contribution >= 4 is 0 Å². The lowest BCUT2D eigenvalue weighted by atomic mass is 10.0. The van der Waals surface area contributed by atoms with Crippen molar-refractivity contribution in [1.29, 1.82) is 0 Å². The maximum Gasteiger partial charge on any atom is 0.167 e. The Hall–Kier alpha value is -0.0800. The molecule has 1 fully saturated rings. The molecule has 1 atom stereocenters. The van der Waals surface area contributed by atoms with Gasteiger partial charge < -0.3 is 9.47 Å². The third kappa shape index (κ3) is 3.28. The van der Waals surface area contributed by atoms with Crippen LogP contribution >= 0.6 is 0 Å². The SMILES string of the molecule is CCCCCCC1(OC)CCCO1. The fraction of sp³-hybridized carbons (Fsp3) is 1.00. The molecule has 0 aromatic heterocycles. The largest absolute Gasteiger partial charge is 0.353 e. The molecule has 0 spiro atoms. The summed E-state index contributed by atoms with van der Waals surface area (Å²) in [6.45, 7) is 3.11. The second-order valence-electron chi connectivity index (χ2n) is 3.88. The Kier molecular flexibility index (Phi) is 4.74. The van der Waals surface area contributed by atoms with Gasteiger partial charge in [0, 0.05) is 20.0 Å². The lowest BCUT2D eigenvalue weighted by molar-refractivity contribution is -0.197. The average molecular weight is 186 g/mol. The molecule has 0 aromatic rings. The van der Waals surface area contributed by atoms with E-state index >= 15 is 0 Å². The topological polar surface area (TPSA) is 18.5 Å². The van der Waals surface area contributed by atoms with Gasteiger partial charge in [-0.25, -0.2) is 0 Å². The van der Waals surface area contributed by atoms with Crippen LogP contribution in [0.25, 0.3) is 0 Å². The summed E-state index contributed by atoms with van der Waals surface area (Å²) in [5, 5.41) is 0. The van der Waals surface area contributed by atoms with E-state index in [1.54, 1.807) is 7.11 Å². The molecule has 1 aliphatic heterocycles. The number of hydrogen-bond donors (Lipinski definition) is 0. The molecular weight excluding hydrogens is 164 g/mol. The second kappa shape index (κ2) is 5.61. The number of hydrogen-bond acceptors (Lipinski definition) is 2. The van der Waals surface area contributed by atoms with Gasteiger partial charge in [0.25, 0.3) is 0 Å². The summed E-state index contributed by atoms with van der Waals surface area (Å²) in [6, 6.07) is 0. The van der Waals surface area contributed by atoms with Crippen LogP contribution in [0.15, 0.2) is 0 Å². The summed E-state index contributed by atoms with van der Waals surface area (Å²) in [7, 11) is 1.77. The van der Waals surface area contributed by atoms with E-state index in [2.05, 4.69) is 6.92 Å². The van der Waals surface area contributed by atoms with Gasteiger partial charge in [-0.15, -0.1) is 0 Å². The van der Waals surface area contributed by atoms with Crippen molar-refractivity contribution in [3.8, 4) is 0 Å². The molecule has 0 aliphatic carbocycles. The van der Waals surface area contributed by atoms with Gasteiger partial charge in [-0.3, -0.25) is 0 Å². The van der Waals surface area contributed by atoms with E-state index in [4.69, 9.17) is 9.47 Å². The van der Waals surface area contributed by atoms with Crippen LogP contribution in [0, 0.1) is 0 Å². The van der Waals surface area contributed by atoms with Crippen molar-refractivity contribution in [2.75, 3.05) is 13.7 Å². The minimum absolute atomic E-state index is 0.215. The first-order chi connectivity index (χ1) is 6.33. The standard InChI is InChI=1S/C11H22O2/c1-3-4-5-6-8-11(12-2)9-7-10-13-11/h3-10H2,1-2H3. The highest BCUT2D eigenvalue weighted by atomic mass is 16.7. The maximum absolute atomic E-state index is 5.65. The van der Waals surface area contributed by atoms with Gasteiger partial charge in [-0.2, -0.15) is 0 Å². The third-order valence-corrected chi connectivity index (χ3v) is 2.85. The molecular formula is C11H22O2. The zero-order valence-corrected chi connectivity index (χ0v) is 8.97. The monoisotopic (exact) mass is 186 g/mol. The molecule has 1 saturated heterocycles. The number of ether oxygens (including phenoxy) is 2. The van der Waals surface area contributed by atoms with E-state index in [1.807, 2.05) is 0 Å². The van der Waals surface area contributed by atoms with Crippen LogP contribution in [0.2, 0.25) is 0 Å². The van der Waals surface area contributed by atoms with Crippen molar-refractivity contribution < 1.29 is 9.47 Å². The fourth-order valence-electron chi connectivity index (χ4n) is 1.95. The Morgan fingerprint density at radius 3 is 2.69 bits per heavy atom. The van der Waals surface area contributed by atoms with E-state index in [0.29, 0.717) is 0 Å². The van der Waals surface area contributed by atoms with Crippen LogP contribution in [0.5, 0.6) is 0 Å². The van der Waals surface area contributed by atoms with Crippen molar-refractivity contribution in [2.24, 2.45) is 0 Å². The van der Waals surface area contributed by atoms with Gasteiger partial charge in [0.15, 0.2) is 5.79 Å². The van der Waals surface area contributed by atoms with E-state index in [-0.39, 0.29) is 5.79 Å². The Balaban J connectivity index is 2.16. The Morgan fingerprint density at radius 2 is 2.15 bits per heavy atom. The zero-order chi connectivity index (χ0) is 9.57. The first-order valence-corrected chi connectivity index (χ1v) is 5.52. The Morgan fingerprint density at radius 1 is 1.31 bits per heavy atom. The van der Waals surface area contributed by atoms with E-state index in [1.165, 1.54) is 25.7 Å². The highest BCUT2D eigenvalue weighted by Gasteiger charge is 2.33. The van der Waals surface area contributed by atoms with Crippen molar-refractivity contribution in [2.45, 2.75) is 57.7 Å². The quantitative estimate of drug-likeness (QED) is 0.593. The molecule has 78 valence electrons. The molecule has 1 aliphatic rings. The highest BCUT2D eigenvalue weighted by molar-refractivity contribution is 4.74. The second-order valence-corrected chi connectivity index (χ2v) is 3.88. The molecule has 1 heterocycles. The van der Waals surface area contributed by atoms with Crippen molar-refractivity contribution in [3.63, 3.8) is 0 Å². The van der Waals surface area contributed by atoms with Crippen LogP contribution in [0.1, 0.15) is 51.9 Å². The van der Waals surface area contributed by atoms with Gasteiger partial charge >= 0.3 is 0 Å². The predicted octanol–water partition coefficient (Wildman–Crippen LogP) is 3.11. The molecule has 13 heavy (non-hydrogen) atoms. The molecule has 0 radical (unpaired) electrons. The first kappa shape index (κ1) is 11.0. The molecule has 0 amide bonds. The lowest BCUT2D eigenvalue weighted by Crippen LogP contribution is -2.29. The minimum Gasteiger partial charge on any atom is -0.353 e. The number of unbranched alkanes of at least 4 members (excludes halogenated alkanes) is 3. The number of methoxy groups -OCH3 is 1. The smallest absolute Gasteiger partial charge is 0.167 e. The molecule has 1 unspecified atom stereocenters. The summed E-state index contributed by atoms with van der Waals surface area (Å²) < 4.78 is 11.1. The third-order valence-electron chi connectivity index (χ3n) is 2.85. The summed E-state index contributed by atoms with van der Waals surface area (Å²) in [5.74, 6) is -0.215. The first-order valence-electron chi connectivity index (χ1n) is 5.52. The molecule has 0 bridgehead atoms. The van der Waals surface area contributed by atoms with Crippen LogP contribution in [0.4, 0.5) is 0 Å². The average Bonchev–Trinajstić information content (AvgIpc) is 2.62. The number of rotatable bonds is 6. The van der Waals surface area contributed by atoms with Crippen molar-refractivity contribution in [1.82, 2.24) is 0 Å². The van der Waals surface area contributed by atoms with E-state index in [0.717, 1.165) is 25.9 Å². The normalized spacial score (nSPS) is 28.2. The van der Waals surface area contributed by atoms with Crippen LogP contribution < -0.4 is 0 Å². The van der Waals surface area contributed by atoms with E-state index < -0.39 is 0 Å². The Labute approximate surface area is 81.6 Å². The molecule has 0 N–H and O–H groups in total. The lowest BCUT2D eigenvalue weighted by Gasteiger charge is -2.26. The molecule has 2 nitrogen and oxygen atoms in total. The summed E-state index contributed by atoms with van der Waals surface area (Å²) in [6.07, 6.45) is 8.48. The summed E-state index contributed by atoms with van der Waals surface area (Å²) in [4.78, 5) is 0. The molecule has 0 saturated carbocycles. The molecule has 0 aromatic carbocycles. The zero-order valence-electron chi connectivity index (χ0n) is 8.97. The fourth-order valence-corrected chi connectivity index (χ4v) is 1.95. The highest BCUT2D eigenvalue weighted by Crippen LogP contribution is 2.31. The maximum atomic E-state index is 5.65. The van der Waals surface area contributed by atoms with Gasteiger partial charge in [-0.1, -0.05) is 26.2 Å². The summed E-state index contributed by atoms with van der Waals surface area (Å²) in [5.41, 5.74) is 0. The van der Waals surface area contributed by atoms with Crippen LogP contribution in [-0.2, 0) is 9.47 Å². The van der Waals surface area contributed by atoms with Crippen LogP contribution in [-0.4, -0.2) is 19.5 Å². The van der Waals surface area contributed by atoms with Gasteiger partial charge in [0.1, 0.15) is 0 Å². The van der Waals surface area contributed by atoms with Crippen molar-refractivity contribution in [3.05, 3.63) is 0 Å². The summed E-state index contributed by atoms with van der Waals surface area (Å²) >= 11 is 0. The Bertz CT molecular complexity index is 128. The van der Waals surface area contributed by atoms with Gasteiger partial charge in [0.05, 0.1) is 6.61 Å².